The predicted octanol–water partition coefficient (Wildman–Crippen LogP) is 2.85. The van der Waals surface area contributed by atoms with Crippen LogP contribution in [0.15, 0.2) is 11.6 Å². The highest BCUT2D eigenvalue weighted by atomic mass is 14.9. The van der Waals surface area contributed by atoms with E-state index in [4.69, 9.17) is 0 Å². The van der Waals surface area contributed by atoms with Gasteiger partial charge in [-0.25, -0.2) is 0 Å². The van der Waals surface area contributed by atoms with Crippen LogP contribution in [0, 0.1) is 35.0 Å². The van der Waals surface area contributed by atoms with Crippen LogP contribution in [0.4, 0.5) is 0 Å². The van der Waals surface area contributed by atoms with E-state index in [0.717, 1.165) is 35.0 Å². The van der Waals surface area contributed by atoms with E-state index in [1.54, 1.807) is 6.42 Å². The van der Waals surface area contributed by atoms with Crippen molar-refractivity contribution >= 4 is 0 Å². The van der Waals surface area contributed by atoms with Gasteiger partial charge in [-0.1, -0.05) is 25.5 Å². The molecule has 6 unspecified atom stereocenters. The summed E-state index contributed by atoms with van der Waals surface area (Å²) in [5.74, 6) is 5.30. The molecule has 4 aliphatic carbocycles. The summed E-state index contributed by atoms with van der Waals surface area (Å²) in [4.78, 5) is 0. The lowest BCUT2D eigenvalue weighted by Crippen LogP contribution is -2.39. The molecule has 0 heteroatoms. The molecule has 0 bridgehead atoms. The zero-order valence-electron chi connectivity index (χ0n) is 7.88. The van der Waals surface area contributed by atoms with E-state index >= 15 is 0 Å². The number of fused-ring (bicyclic) bond motifs is 3. The Hall–Kier alpha value is -0.260. The predicted molar refractivity (Wildman–Crippen MR) is 48.5 cm³/mol. The van der Waals surface area contributed by atoms with Crippen molar-refractivity contribution in [2.45, 2.75) is 26.7 Å². The lowest BCUT2D eigenvalue weighted by Gasteiger charge is -2.45. The van der Waals surface area contributed by atoms with Crippen LogP contribution in [-0.4, -0.2) is 0 Å². The summed E-state index contributed by atoms with van der Waals surface area (Å²) in [6.45, 7) is 4.87. The smallest absolute Gasteiger partial charge is 0.00980 e. The molecule has 0 amide bonds. The van der Waals surface area contributed by atoms with Gasteiger partial charge >= 0.3 is 0 Å². The molecule has 0 N–H and O–H groups in total. The summed E-state index contributed by atoms with van der Waals surface area (Å²) in [6, 6.07) is 0. The second-order valence-corrected chi connectivity index (χ2v) is 5.65. The summed E-state index contributed by atoms with van der Waals surface area (Å²) in [5, 5.41) is 0. The maximum absolute atomic E-state index is 2.59. The Labute approximate surface area is 74.0 Å². The fourth-order valence-electron chi connectivity index (χ4n) is 5.02. The zero-order valence-corrected chi connectivity index (χ0v) is 7.88. The van der Waals surface area contributed by atoms with Crippen LogP contribution in [0.25, 0.3) is 0 Å². The topological polar surface area (TPSA) is 0 Å². The van der Waals surface area contributed by atoms with Crippen LogP contribution >= 0.6 is 0 Å². The number of hydrogen-bond acceptors (Lipinski definition) is 0. The van der Waals surface area contributed by atoms with E-state index in [2.05, 4.69) is 19.9 Å². The van der Waals surface area contributed by atoms with E-state index in [1.165, 1.54) is 6.42 Å². The van der Waals surface area contributed by atoms with Crippen LogP contribution in [0.5, 0.6) is 0 Å². The molecule has 6 atom stereocenters. The van der Waals surface area contributed by atoms with E-state index in [0.29, 0.717) is 0 Å². The highest BCUT2D eigenvalue weighted by molar-refractivity contribution is 5.49. The summed E-state index contributed by atoms with van der Waals surface area (Å²) >= 11 is 0. The maximum atomic E-state index is 2.59. The molecule has 64 valence electrons. The average molecular weight is 160 g/mol. The van der Waals surface area contributed by atoms with Gasteiger partial charge in [-0.3, -0.25) is 0 Å². The summed E-state index contributed by atoms with van der Waals surface area (Å²) < 4.78 is 0. The van der Waals surface area contributed by atoms with E-state index < -0.39 is 0 Å². The fraction of sp³-hybridized carbons (Fsp3) is 0.833. The average Bonchev–Trinajstić information content (AvgIpc) is 2.34. The maximum Gasteiger partial charge on any atom is -0.00980 e. The van der Waals surface area contributed by atoms with Crippen LogP contribution in [0.2, 0.25) is 0 Å². The lowest BCUT2D eigenvalue weighted by atomic mass is 9.59. The second kappa shape index (κ2) is 1.42. The zero-order chi connectivity index (χ0) is 8.09. The van der Waals surface area contributed by atoms with Crippen molar-refractivity contribution in [1.29, 1.82) is 0 Å². The van der Waals surface area contributed by atoms with Gasteiger partial charge in [0.15, 0.2) is 0 Å². The molecule has 0 aromatic heterocycles. The van der Waals surface area contributed by atoms with Gasteiger partial charge in [0.1, 0.15) is 0 Å². The molecular formula is C12H16. The van der Waals surface area contributed by atoms with Gasteiger partial charge in [0.25, 0.3) is 0 Å². The minimum absolute atomic E-state index is 0.899. The highest BCUT2D eigenvalue weighted by Crippen LogP contribution is 2.90. The molecule has 4 rings (SSSR count). The minimum Gasteiger partial charge on any atom is -0.0819 e. The Kier molecular flexibility index (Phi) is 0.740. The van der Waals surface area contributed by atoms with Gasteiger partial charge in [-0.05, 0) is 47.8 Å². The highest BCUT2D eigenvalue weighted by Gasteiger charge is 2.85. The first-order valence-electron chi connectivity index (χ1n) is 5.48. The number of rotatable bonds is 0. The molecule has 3 saturated carbocycles. The van der Waals surface area contributed by atoms with Gasteiger partial charge in [0.05, 0.1) is 0 Å². The second-order valence-electron chi connectivity index (χ2n) is 5.65. The molecule has 0 radical (unpaired) electrons. The van der Waals surface area contributed by atoms with Crippen LogP contribution in [0.3, 0.4) is 0 Å². The largest absolute Gasteiger partial charge is 0.0819 e. The van der Waals surface area contributed by atoms with E-state index in [1.807, 2.05) is 5.57 Å². The van der Waals surface area contributed by atoms with Gasteiger partial charge in [-0.15, -0.1) is 0 Å². The Morgan fingerprint density at radius 2 is 2.17 bits per heavy atom. The van der Waals surface area contributed by atoms with Crippen molar-refractivity contribution in [3.63, 3.8) is 0 Å². The minimum atomic E-state index is 0.899. The molecule has 0 aliphatic heterocycles. The first-order valence-corrected chi connectivity index (χ1v) is 5.48. The number of hydrogen-bond donors (Lipinski definition) is 0. The van der Waals surface area contributed by atoms with Crippen LogP contribution in [0.1, 0.15) is 26.7 Å². The van der Waals surface area contributed by atoms with Gasteiger partial charge < -0.3 is 0 Å². The van der Waals surface area contributed by atoms with Crippen LogP contribution < -0.4 is 0 Å². The molecule has 0 nitrogen and oxygen atoms in total. The van der Waals surface area contributed by atoms with Gasteiger partial charge in [-0.2, -0.15) is 0 Å². The molecule has 1 spiro atoms. The summed E-state index contributed by atoms with van der Waals surface area (Å²) in [5.41, 5.74) is 2.79. The SMILES string of the molecule is CC1C=C2C(C1)C13C(C)CC1C23. The summed E-state index contributed by atoms with van der Waals surface area (Å²) in [7, 11) is 0. The quantitative estimate of drug-likeness (QED) is 0.478. The van der Waals surface area contributed by atoms with Crippen molar-refractivity contribution in [2.24, 2.45) is 35.0 Å². The molecule has 0 aromatic carbocycles. The lowest BCUT2D eigenvalue weighted by molar-refractivity contribution is 0.0807. The van der Waals surface area contributed by atoms with Gasteiger partial charge in [0.2, 0.25) is 0 Å². The molecule has 4 aliphatic rings. The van der Waals surface area contributed by atoms with Crippen molar-refractivity contribution in [3.05, 3.63) is 11.6 Å². The molecule has 0 aromatic rings. The Morgan fingerprint density at radius 1 is 1.33 bits per heavy atom. The normalized spacial score (nSPS) is 69.8. The fourth-order valence-corrected chi connectivity index (χ4v) is 5.02. The Balaban J connectivity index is 1.78. The van der Waals surface area contributed by atoms with Crippen molar-refractivity contribution in [3.8, 4) is 0 Å². The molecule has 0 heterocycles. The van der Waals surface area contributed by atoms with Crippen LogP contribution in [-0.2, 0) is 0 Å². The van der Waals surface area contributed by atoms with Crippen molar-refractivity contribution < 1.29 is 0 Å². The Morgan fingerprint density at radius 3 is 2.92 bits per heavy atom. The van der Waals surface area contributed by atoms with Crippen molar-refractivity contribution in [2.75, 3.05) is 0 Å². The third kappa shape index (κ3) is 0.356. The third-order valence-corrected chi connectivity index (χ3v) is 5.38. The first kappa shape index (κ1) is 6.23. The molecule has 12 heavy (non-hydrogen) atoms. The third-order valence-electron chi connectivity index (χ3n) is 5.38. The van der Waals surface area contributed by atoms with Crippen molar-refractivity contribution in [1.82, 2.24) is 0 Å². The van der Waals surface area contributed by atoms with E-state index in [-0.39, 0.29) is 0 Å². The first-order chi connectivity index (χ1) is 5.76. The molecular weight excluding hydrogens is 144 g/mol. The molecule has 3 fully saturated rings. The Bertz CT molecular complexity index is 301. The monoisotopic (exact) mass is 160 g/mol. The molecule has 0 saturated heterocycles. The van der Waals surface area contributed by atoms with E-state index in [9.17, 15) is 0 Å². The number of allylic oxidation sites excluding steroid dienone is 2. The summed E-state index contributed by atoms with van der Waals surface area (Å²) in [6.07, 6.45) is 5.63. The standard InChI is InChI=1S/C12H16/c1-6-3-8-9(4-6)12-7(2)5-10(12)11(8)12/h3,6-7,9-11H,4-5H2,1-2H3. The van der Waals surface area contributed by atoms with Gasteiger partial charge in [0, 0.05) is 0 Å².